The zero-order chi connectivity index (χ0) is 10.7. The van der Waals surface area contributed by atoms with Crippen molar-refractivity contribution < 1.29 is 24.0 Å². The molecule has 5 nitrogen and oxygen atoms in total. The molecule has 1 aliphatic heterocycles. The van der Waals surface area contributed by atoms with Gasteiger partial charge < -0.3 is 24.0 Å². The summed E-state index contributed by atoms with van der Waals surface area (Å²) in [7, 11) is 6.69. The third-order valence-electron chi connectivity index (χ3n) is 1.82. The van der Waals surface area contributed by atoms with Crippen LogP contribution in [0.2, 0.25) is 0 Å². The molecule has 2 radical (unpaired) electrons. The molecule has 7 heteroatoms. The first-order chi connectivity index (χ1) is 6.57. The van der Waals surface area contributed by atoms with Crippen LogP contribution in [0.4, 0.5) is 0 Å². The van der Waals surface area contributed by atoms with Crippen LogP contribution in [-0.4, -0.2) is 43.4 Å². The fourth-order valence-corrected chi connectivity index (χ4v) is 1.38. The molecular formula is C7H12BO5P. The van der Waals surface area contributed by atoms with Crippen LogP contribution in [0.5, 0.6) is 0 Å². The molecule has 0 aliphatic carbocycles. The van der Waals surface area contributed by atoms with Gasteiger partial charge in [-0.15, -0.1) is 0 Å². The molecule has 4 atom stereocenters. The molecule has 1 saturated heterocycles. The summed E-state index contributed by atoms with van der Waals surface area (Å²) in [5.74, 6) is 0.527. The maximum atomic E-state index is 9.47. The van der Waals surface area contributed by atoms with Gasteiger partial charge in [0.15, 0.2) is 5.76 Å². The van der Waals surface area contributed by atoms with Gasteiger partial charge in [0, 0.05) is 7.11 Å². The molecule has 0 saturated carbocycles. The molecule has 0 spiro atoms. The highest BCUT2D eigenvalue weighted by Gasteiger charge is 2.38. The molecule has 0 amide bonds. The normalized spacial score (nSPS) is 36.1. The van der Waals surface area contributed by atoms with Crippen LogP contribution in [0, 0.1) is 0 Å². The second-order valence-electron chi connectivity index (χ2n) is 2.83. The smallest absolute Gasteiger partial charge is 0.214 e. The second-order valence-corrected chi connectivity index (χ2v) is 3.61. The monoisotopic (exact) mass is 218 g/mol. The van der Waals surface area contributed by atoms with Crippen molar-refractivity contribution in [3.05, 3.63) is 11.5 Å². The third kappa shape index (κ3) is 2.39. The quantitative estimate of drug-likeness (QED) is 0.384. The van der Waals surface area contributed by atoms with E-state index in [1.54, 1.807) is 6.92 Å². The highest BCUT2D eigenvalue weighted by atomic mass is 31.1. The lowest BCUT2D eigenvalue weighted by molar-refractivity contribution is 0.0525. The lowest BCUT2D eigenvalue weighted by Gasteiger charge is -2.09. The Morgan fingerprint density at radius 3 is 2.64 bits per heavy atom. The molecule has 1 heterocycles. The van der Waals surface area contributed by atoms with Crippen LogP contribution < -0.4 is 0 Å². The Morgan fingerprint density at radius 1 is 1.57 bits per heavy atom. The number of ether oxygens (including phenoxy) is 1. The van der Waals surface area contributed by atoms with Gasteiger partial charge in [-0.2, -0.15) is 0 Å². The zero-order valence-corrected chi connectivity index (χ0v) is 8.93. The Kier molecular flexibility index (Phi) is 4.19. The number of rotatable bonds is 3. The maximum absolute atomic E-state index is 9.47. The predicted molar refractivity (Wildman–Crippen MR) is 51.7 cm³/mol. The number of hydrogen-bond acceptors (Lipinski definition) is 5. The minimum Gasteiger partial charge on any atom is -0.496 e. The van der Waals surface area contributed by atoms with Gasteiger partial charge in [0.25, 0.3) is 0 Å². The molecule has 0 bridgehead atoms. The molecule has 2 N–H and O–H groups in total. The SMILES string of the molecule is [B]C1O/C(=C(\C)OPOC)C(O)C1O. The number of aliphatic hydroxyl groups excluding tert-OH is 2. The van der Waals surface area contributed by atoms with E-state index >= 15 is 0 Å². The van der Waals surface area contributed by atoms with Crippen molar-refractivity contribution in [2.75, 3.05) is 7.11 Å². The molecule has 0 aromatic rings. The van der Waals surface area contributed by atoms with E-state index in [1.165, 1.54) is 7.11 Å². The topological polar surface area (TPSA) is 68.2 Å². The molecule has 14 heavy (non-hydrogen) atoms. The van der Waals surface area contributed by atoms with Gasteiger partial charge in [0.2, 0.25) is 9.03 Å². The van der Waals surface area contributed by atoms with E-state index in [0.29, 0.717) is 5.76 Å². The van der Waals surface area contributed by atoms with Gasteiger partial charge >= 0.3 is 0 Å². The number of aliphatic hydroxyl groups is 2. The Morgan fingerprint density at radius 2 is 2.21 bits per heavy atom. The predicted octanol–water partition coefficient (Wildman–Crippen LogP) is -0.364. The van der Waals surface area contributed by atoms with Crippen molar-refractivity contribution in [2.24, 2.45) is 0 Å². The minimum atomic E-state index is -1.13. The number of allylic oxidation sites excluding steroid dienone is 1. The first-order valence-electron chi connectivity index (χ1n) is 4.02. The van der Waals surface area contributed by atoms with E-state index in [0.717, 1.165) is 0 Å². The van der Waals surface area contributed by atoms with Crippen molar-refractivity contribution in [3.63, 3.8) is 0 Å². The molecular weight excluding hydrogens is 206 g/mol. The van der Waals surface area contributed by atoms with Gasteiger partial charge in [0.1, 0.15) is 25.8 Å². The van der Waals surface area contributed by atoms with Crippen molar-refractivity contribution in [3.8, 4) is 0 Å². The van der Waals surface area contributed by atoms with Crippen molar-refractivity contribution in [1.82, 2.24) is 0 Å². The zero-order valence-electron chi connectivity index (χ0n) is 7.93. The van der Waals surface area contributed by atoms with Gasteiger partial charge in [-0.05, 0) is 6.92 Å². The molecule has 4 unspecified atom stereocenters. The van der Waals surface area contributed by atoms with E-state index in [2.05, 4.69) is 0 Å². The molecule has 1 fully saturated rings. The first kappa shape index (κ1) is 11.8. The summed E-state index contributed by atoms with van der Waals surface area (Å²) in [4.78, 5) is 0. The fourth-order valence-electron chi connectivity index (χ4n) is 1.07. The number of hydrogen-bond donors (Lipinski definition) is 2. The highest BCUT2D eigenvalue weighted by molar-refractivity contribution is 7.26. The van der Waals surface area contributed by atoms with Crippen molar-refractivity contribution in [2.45, 2.75) is 25.1 Å². The van der Waals surface area contributed by atoms with E-state index in [1.807, 2.05) is 0 Å². The largest absolute Gasteiger partial charge is 0.496 e. The van der Waals surface area contributed by atoms with Gasteiger partial charge in [0.05, 0.1) is 6.00 Å². The van der Waals surface area contributed by atoms with E-state index in [-0.39, 0.29) is 14.8 Å². The van der Waals surface area contributed by atoms with Crippen LogP contribution in [0.3, 0.4) is 0 Å². The third-order valence-corrected chi connectivity index (χ3v) is 2.37. The second kappa shape index (κ2) is 4.98. The van der Waals surface area contributed by atoms with E-state index < -0.39 is 18.2 Å². The minimum absolute atomic E-state index is 0.162. The van der Waals surface area contributed by atoms with Gasteiger partial charge in [-0.3, -0.25) is 0 Å². The summed E-state index contributed by atoms with van der Waals surface area (Å²) in [6.07, 6.45) is -2.25. The molecule has 0 aromatic heterocycles. The van der Waals surface area contributed by atoms with Gasteiger partial charge in [-0.25, -0.2) is 0 Å². The first-order valence-corrected chi connectivity index (χ1v) is 4.83. The van der Waals surface area contributed by atoms with Crippen LogP contribution in [0.25, 0.3) is 0 Å². The Labute approximate surface area is 85.4 Å². The van der Waals surface area contributed by atoms with Crippen LogP contribution in [0.15, 0.2) is 11.5 Å². The molecule has 0 aromatic carbocycles. The van der Waals surface area contributed by atoms with Gasteiger partial charge in [-0.1, -0.05) is 0 Å². The average molecular weight is 218 g/mol. The summed E-state index contributed by atoms with van der Waals surface area (Å²) < 4.78 is 14.8. The van der Waals surface area contributed by atoms with Crippen molar-refractivity contribution >= 4 is 16.9 Å². The molecule has 1 aliphatic rings. The Hall–Kier alpha value is -0.285. The van der Waals surface area contributed by atoms with Crippen molar-refractivity contribution in [1.29, 1.82) is 0 Å². The summed E-state index contributed by atoms with van der Waals surface area (Å²) >= 11 is 0. The van der Waals surface area contributed by atoms with E-state index in [4.69, 9.17) is 21.6 Å². The summed E-state index contributed by atoms with van der Waals surface area (Å²) in [6.45, 7) is 1.61. The summed E-state index contributed by atoms with van der Waals surface area (Å²) in [5.41, 5.74) is 0. The Bertz CT molecular complexity index is 234. The maximum Gasteiger partial charge on any atom is 0.214 e. The molecule has 1 rings (SSSR count). The lowest BCUT2D eigenvalue weighted by Crippen LogP contribution is -2.29. The lowest BCUT2D eigenvalue weighted by atomic mass is 9.93. The summed E-state index contributed by atoms with van der Waals surface area (Å²) in [6, 6.07) is -0.913. The highest BCUT2D eigenvalue weighted by Crippen LogP contribution is 2.29. The van der Waals surface area contributed by atoms with Crippen LogP contribution in [0.1, 0.15) is 6.92 Å². The standard InChI is InChI=1S/C7H12BO5P/c1-3(13-14-11-2)6-4(9)5(10)7(8)12-6/h4-5,7,9-10,14H,1-2H3/b6-3+. The van der Waals surface area contributed by atoms with Crippen LogP contribution in [-0.2, 0) is 13.8 Å². The molecule has 78 valence electrons. The Balaban J connectivity index is 2.67. The van der Waals surface area contributed by atoms with E-state index in [9.17, 15) is 10.2 Å². The average Bonchev–Trinajstić information content (AvgIpc) is 2.42. The summed E-state index contributed by atoms with van der Waals surface area (Å²) in [5, 5.41) is 18.8. The van der Waals surface area contributed by atoms with Crippen LogP contribution >= 0.6 is 9.03 Å². The fraction of sp³-hybridized carbons (Fsp3) is 0.714.